The fourth-order valence-electron chi connectivity index (χ4n) is 1.74. The summed E-state index contributed by atoms with van der Waals surface area (Å²) in [5.74, 6) is 1.65. The zero-order valence-electron chi connectivity index (χ0n) is 9.40. The summed E-state index contributed by atoms with van der Waals surface area (Å²) in [7, 11) is 0. The quantitative estimate of drug-likeness (QED) is 0.799. The number of ether oxygens (including phenoxy) is 2. The molecule has 1 aromatic rings. The van der Waals surface area contributed by atoms with Crippen LogP contribution in [-0.2, 0) is 0 Å². The molecule has 1 atom stereocenters. The maximum absolute atomic E-state index is 9.87. The fourth-order valence-corrected chi connectivity index (χ4v) is 1.74. The third kappa shape index (κ3) is 2.07. The topological polar surface area (TPSA) is 64.7 Å². The highest BCUT2D eigenvalue weighted by Crippen LogP contribution is 2.38. The van der Waals surface area contributed by atoms with Crippen LogP contribution in [0, 0.1) is 0 Å². The van der Waals surface area contributed by atoms with Gasteiger partial charge < -0.3 is 20.3 Å². The highest BCUT2D eigenvalue weighted by Gasteiger charge is 2.17. The van der Waals surface area contributed by atoms with E-state index < -0.39 is 0 Å². The molecule has 1 heterocycles. The minimum Gasteiger partial charge on any atom is -0.508 e. The standard InChI is InChI=1S/C12H17NO3/c1-8(7-13)9-5-11-12(6-10(9)14)16-4-2-3-15-11/h5-6,8,14H,2-4,7,13H2,1H3. The van der Waals surface area contributed by atoms with Gasteiger partial charge in [-0.3, -0.25) is 0 Å². The summed E-state index contributed by atoms with van der Waals surface area (Å²) >= 11 is 0. The number of nitrogens with two attached hydrogens (primary N) is 1. The Hall–Kier alpha value is -1.42. The van der Waals surface area contributed by atoms with Gasteiger partial charge >= 0.3 is 0 Å². The van der Waals surface area contributed by atoms with Crippen LogP contribution >= 0.6 is 0 Å². The van der Waals surface area contributed by atoms with Gasteiger partial charge in [0, 0.05) is 18.1 Å². The minimum absolute atomic E-state index is 0.108. The Labute approximate surface area is 95.0 Å². The molecule has 0 saturated carbocycles. The maximum atomic E-state index is 9.87. The van der Waals surface area contributed by atoms with Crippen LogP contribution in [-0.4, -0.2) is 24.9 Å². The lowest BCUT2D eigenvalue weighted by Gasteiger charge is -2.15. The number of aromatic hydroxyl groups is 1. The normalized spacial score (nSPS) is 16.6. The summed E-state index contributed by atoms with van der Waals surface area (Å²) in [4.78, 5) is 0. The predicted octanol–water partition coefficient (Wildman–Crippen LogP) is 1.62. The second-order valence-electron chi connectivity index (χ2n) is 4.04. The van der Waals surface area contributed by atoms with Gasteiger partial charge in [-0.05, 0) is 18.5 Å². The Morgan fingerprint density at radius 1 is 1.31 bits per heavy atom. The van der Waals surface area contributed by atoms with Crippen molar-refractivity contribution in [3.8, 4) is 17.2 Å². The van der Waals surface area contributed by atoms with Gasteiger partial charge in [0.15, 0.2) is 11.5 Å². The first-order valence-electron chi connectivity index (χ1n) is 5.55. The Kier molecular flexibility index (Phi) is 3.19. The molecule has 4 heteroatoms. The molecule has 1 aliphatic rings. The molecule has 3 N–H and O–H groups in total. The zero-order valence-corrected chi connectivity index (χ0v) is 9.40. The molecule has 88 valence electrons. The van der Waals surface area contributed by atoms with Crippen LogP contribution in [0.4, 0.5) is 0 Å². The molecule has 0 fully saturated rings. The van der Waals surface area contributed by atoms with E-state index in [0.29, 0.717) is 31.3 Å². The van der Waals surface area contributed by atoms with Gasteiger partial charge in [-0.2, -0.15) is 0 Å². The molecule has 0 aliphatic carbocycles. The summed E-state index contributed by atoms with van der Waals surface area (Å²) in [6, 6.07) is 3.44. The summed E-state index contributed by atoms with van der Waals surface area (Å²) in [6.45, 7) is 3.73. The highest BCUT2D eigenvalue weighted by molar-refractivity contribution is 5.51. The van der Waals surface area contributed by atoms with E-state index in [0.717, 1.165) is 12.0 Å². The van der Waals surface area contributed by atoms with E-state index in [9.17, 15) is 5.11 Å². The summed E-state index contributed by atoms with van der Waals surface area (Å²) in [5.41, 5.74) is 6.41. The average molecular weight is 223 g/mol. The second kappa shape index (κ2) is 4.61. The third-order valence-corrected chi connectivity index (χ3v) is 2.78. The van der Waals surface area contributed by atoms with Crippen molar-refractivity contribution in [2.24, 2.45) is 5.73 Å². The van der Waals surface area contributed by atoms with Gasteiger partial charge in [0.05, 0.1) is 13.2 Å². The van der Waals surface area contributed by atoms with Gasteiger partial charge in [-0.25, -0.2) is 0 Å². The molecule has 0 spiro atoms. The van der Waals surface area contributed by atoms with Crippen LogP contribution in [0.3, 0.4) is 0 Å². The number of benzene rings is 1. The van der Waals surface area contributed by atoms with Crippen molar-refractivity contribution in [1.82, 2.24) is 0 Å². The van der Waals surface area contributed by atoms with Crippen LogP contribution in [0.1, 0.15) is 24.8 Å². The van der Waals surface area contributed by atoms with Crippen molar-refractivity contribution >= 4 is 0 Å². The van der Waals surface area contributed by atoms with Gasteiger partial charge in [-0.1, -0.05) is 6.92 Å². The lowest BCUT2D eigenvalue weighted by Crippen LogP contribution is -2.09. The smallest absolute Gasteiger partial charge is 0.164 e. The van der Waals surface area contributed by atoms with E-state index in [2.05, 4.69) is 0 Å². The van der Waals surface area contributed by atoms with Crippen molar-refractivity contribution in [1.29, 1.82) is 0 Å². The Bertz CT molecular complexity index is 379. The molecule has 1 aromatic carbocycles. The SMILES string of the molecule is CC(CN)c1cc2c(cc1O)OCCCO2. The van der Waals surface area contributed by atoms with E-state index >= 15 is 0 Å². The molecule has 16 heavy (non-hydrogen) atoms. The largest absolute Gasteiger partial charge is 0.508 e. The number of phenolic OH excluding ortho intramolecular Hbond substituents is 1. The van der Waals surface area contributed by atoms with Crippen LogP contribution in [0.25, 0.3) is 0 Å². The lowest BCUT2D eigenvalue weighted by atomic mass is 10.00. The van der Waals surface area contributed by atoms with E-state index in [-0.39, 0.29) is 11.7 Å². The van der Waals surface area contributed by atoms with E-state index in [1.54, 1.807) is 6.07 Å². The molecule has 2 rings (SSSR count). The Morgan fingerprint density at radius 3 is 2.56 bits per heavy atom. The fraction of sp³-hybridized carbons (Fsp3) is 0.500. The highest BCUT2D eigenvalue weighted by atomic mass is 16.5. The van der Waals surface area contributed by atoms with Gasteiger partial charge in [0.25, 0.3) is 0 Å². The summed E-state index contributed by atoms with van der Waals surface area (Å²) < 4.78 is 11.0. The molecule has 0 saturated heterocycles. The van der Waals surface area contributed by atoms with E-state index in [1.165, 1.54) is 0 Å². The van der Waals surface area contributed by atoms with Gasteiger partial charge in [0.2, 0.25) is 0 Å². The van der Waals surface area contributed by atoms with E-state index in [1.807, 2.05) is 13.0 Å². The average Bonchev–Trinajstić information content (AvgIpc) is 2.51. The molecular weight excluding hydrogens is 206 g/mol. The van der Waals surface area contributed by atoms with Crippen LogP contribution in [0.15, 0.2) is 12.1 Å². The molecule has 4 nitrogen and oxygen atoms in total. The Balaban J connectivity index is 2.38. The molecule has 1 aliphatic heterocycles. The number of phenols is 1. The van der Waals surface area contributed by atoms with Crippen molar-refractivity contribution in [3.05, 3.63) is 17.7 Å². The third-order valence-electron chi connectivity index (χ3n) is 2.78. The monoisotopic (exact) mass is 223 g/mol. The number of hydrogen-bond donors (Lipinski definition) is 2. The molecule has 0 aromatic heterocycles. The molecule has 0 bridgehead atoms. The zero-order chi connectivity index (χ0) is 11.5. The lowest BCUT2D eigenvalue weighted by molar-refractivity contribution is 0.296. The summed E-state index contributed by atoms with van der Waals surface area (Å²) in [5, 5.41) is 9.87. The summed E-state index contributed by atoms with van der Waals surface area (Å²) in [6.07, 6.45) is 0.858. The van der Waals surface area contributed by atoms with Gasteiger partial charge in [0.1, 0.15) is 5.75 Å². The molecular formula is C12H17NO3. The minimum atomic E-state index is 0.108. The number of fused-ring (bicyclic) bond motifs is 1. The molecule has 1 unspecified atom stereocenters. The molecule has 0 radical (unpaired) electrons. The van der Waals surface area contributed by atoms with Crippen LogP contribution in [0.2, 0.25) is 0 Å². The first kappa shape index (κ1) is 11.1. The predicted molar refractivity (Wildman–Crippen MR) is 61.2 cm³/mol. The second-order valence-corrected chi connectivity index (χ2v) is 4.04. The van der Waals surface area contributed by atoms with Crippen molar-refractivity contribution in [2.75, 3.05) is 19.8 Å². The molecule has 0 amide bonds. The maximum Gasteiger partial charge on any atom is 0.164 e. The van der Waals surface area contributed by atoms with Gasteiger partial charge in [-0.15, -0.1) is 0 Å². The van der Waals surface area contributed by atoms with Crippen LogP contribution in [0.5, 0.6) is 17.2 Å². The van der Waals surface area contributed by atoms with E-state index in [4.69, 9.17) is 15.2 Å². The Morgan fingerprint density at radius 2 is 1.94 bits per heavy atom. The number of hydrogen-bond acceptors (Lipinski definition) is 4. The van der Waals surface area contributed by atoms with Crippen molar-refractivity contribution in [2.45, 2.75) is 19.3 Å². The van der Waals surface area contributed by atoms with Crippen molar-refractivity contribution < 1.29 is 14.6 Å². The number of rotatable bonds is 2. The van der Waals surface area contributed by atoms with Crippen LogP contribution < -0.4 is 15.2 Å². The first-order chi connectivity index (χ1) is 7.72. The van der Waals surface area contributed by atoms with Crippen molar-refractivity contribution in [3.63, 3.8) is 0 Å². The first-order valence-corrected chi connectivity index (χ1v) is 5.55.